The Labute approximate surface area is 98.4 Å². The minimum atomic E-state index is 1.09. The van der Waals surface area contributed by atoms with Gasteiger partial charge < -0.3 is 0 Å². The molecule has 0 amide bonds. The van der Waals surface area contributed by atoms with Crippen molar-refractivity contribution in [3.63, 3.8) is 0 Å². The number of aromatic nitrogens is 1. The summed E-state index contributed by atoms with van der Waals surface area (Å²) in [6.07, 6.45) is 1.89. The molecule has 2 heteroatoms. The molecule has 0 fully saturated rings. The van der Waals surface area contributed by atoms with Crippen LogP contribution in [-0.4, -0.2) is 4.98 Å². The molecule has 0 saturated carbocycles. The lowest BCUT2D eigenvalue weighted by Crippen LogP contribution is -1.82. The minimum absolute atomic E-state index is 1.09. The van der Waals surface area contributed by atoms with E-state index in [2.05, 4.69) is 48.3 Å². The average molecular weight is 225 g/mol. The second-order valence-corrected chi connectivity index (χ2v) is 5.08. The largest absolute Gasteiger partial charge is 0.256 e. The van der Waals surface area contributed by atoms with Crippen molar-refractivity contribution in [1.82, 2.24) is 4.98 Å². The van der Waals surface area contributed by atoms with Crippen LogP contribution in [0.3, 0.4) is 0 Å². The molecule has 2 heterocycles. The van der Waals surface area contributed by atoms with E-state index in [0.29, 0.717) is 0 Å². The zero-order chi connectivity index (χ0) is 11.0. The second-order valence-electron chi connectivity index (χ2n) is 3.79. The molecule has 0 radical (unpaired) electrons. The quantitative estimate of drug-likeness (QED) is 0.602. The van der Waals surface area contributed by atoms with Gasteiger partial charge in [0.15, 0.2) is 0 Å². The smallest absolute Gasteiger partial charge is 0.0788 e. The van der Waals surface area contributed by atoms with E-state index in [4.69, 9.17) is 0 Å². The Bertz CT molecular complexity index is 626. The van der Waals surface area contributed by atoms with E-state index in [0.717, 1.165) is 5.69 Å². The van der Waals surface area contributed by atoms with Crippen LogP contribution in [0, 0.1) is 6.92 Å². The van der Waals surface area contributed by atoms with Crippen LogP contribution in [0.1, 0.15) is 4.88 Å². The number of nitrogens with zero attached hydrogens (tertiary/aromatic N) is 1. The summed E-state index contributed by atoms with van der Waals surface area (Å²) in [4.78, 5) is 5.83. The molecule has 0 aliphatic carbocycles. The predicted octanol–water partition coefficient (Wildman–Crippen LogP) is 4.27. The Hall–Kier alpha value is -1.67. The van der Waals surface area contributed by atoms with E-state index >= 15 is 0 Å². The molecule has 1 aromatic carbocycles. The summed E-state index contributed by atoms with van der Waals surface area (Å²) in [7, 11) is 0. The van der Waals surface area contributed by atoms with E-state index in [-0.39, 0.29) is 0 Å². The van der Waals surface area contributed by atoms with Crippen LogP contribution in [-0.2, 0) is 0 Å². The molecule has 78 valence electrons. The van der Waals surface area contributed by atoms with Crippen LogP contribution in [0.15, 0.2) is 48.7 Å². The molecule has 16 heavy (non-hydrogen) atoms. The van der Waals surface area contributed by atoms with Gasteiger partial charge in [0.2, 0.25) is 0 Å². The molecule has 0 N–H and O–H groups in total. The van der Waals surface area contributed by atoms with Crippen LogP contribution in [0.25, 0.3) is 21.3 Å². The van der Waals surface area contributed by atoms with Crippen molar-refractivity contribution in [3.05, 3.63) is 53.5 Å². The van der Waals surface area contributed by atoms with Crippen LogP contribution < -0.4 is 0 Å². The third-order valence-corrected chi connectivity index (χ3v) is 3.63. The zero-order valence-electron chi connectivity index (χ0n) is 8.97. The summed E-state index contributed by atoms with van der Waals surface area (Å²) in [5.41, 5.74) is 2.27. The minimum Gasteiger partial charge on any atom is -0.256 e. The van der Waals surface area contributed by atoms with Gasteiger partial charge in [-0.2, -0.15) is 0 Å². The van der Waals surface area contributed by atoms with Crippen molar-refractivity contribution in [1.29, 1.82) is 0 Å². The van der Waals surface area contributed by atoms with Gasteiger partial charge >= 0.3 is 0 Å². The fraction of sp³-hybridized carbons (Fsp3) is 0.0714. The highest BCUT2D eigenvalue weighted by molar-refractivity contribution is 7.19. The molecule has 0 saturated heterocycles. The summed E-state index contributed by atoms with van der Waals surface area (Å²) in [5, 5.41) is 1.26. The van der Waals surface area contributed by atoms with E-state index in [1.807, 2.05) is 23.6 Å². The fourth-order valence-corrected chi connectivity index (χ4v) is 2.83. The fourth-order valence-electron chi connectivity index (χ4n) is 1.92. The van der Waals surface area contributed by atoms with Gasteiger partial charge in [0.05, 0.1) is 5.69 Å². The van der Waals surface area contributed by atoms with Crippen molar-refractivity contribution in [2.75, 3.05) is 0 Å². The van der Waals surface area contributed by atoms with Crippen LogP contribution in [0.5, 0.6) is 0 Å². The second kappa shape index (κ2) is 3.72. The molecule has 3 aromatic rings. The average Bonchev–Trinajstić information content (AvgIpc) is 2.70. The number of pyridine rings is 1. The Morgan fingerprint density at radius 2 is 1.88 bits per heavy atom. The van der Waals surface area contributed by atoms with Gasteiger partial charge in [-0.15, -0.1) is 11.3 Å². The molecular formula is C14H11NS. The predicted molar refractivity (Wildman–Crippen MR) is 69.8 cm³/mol. The molecule has 3 rings (SSSR count). The van der Waals surface area contributed by atoms with Gasteiger partial charge in [-0.25, -0.2) is 0 Å². The van der Waals surface area contributed by atoms with Crippen molar-refractivity contribution >= 4 is 21.4 Å². The van der Waals surface area contributed by atoms with E-state index < -0.39 is 0 Å². The molecule has 0 bridgehead atoms. The SMILES string of the molecule is Cc1cc2c(-c3ccccc3)nccc2s1. The standard InChI is InChI=1S/C14H11NS/c1-10-9-12-13(16-10)7-8-15-14(12)11-5-3-2-4-6-11/h2-9H,1H3. The maximum absolute atomic E-state index is 4.50. The number of benzene rings is 1. The Balaban J connectivity index is 2.31. The lowest BCUT2D eigenvalue weighted by atomic mass is 10.1. The van der Waals surface area contributed by atoms with Crippen molar-refractivity contribution < 1.29 is 0 Å². The molecular weight excluding hydrogens is 214 g/mol. The van der Waals surface area contributed by atoms with E-state index in [9.17, 15) is 0 Å². The van der Waals surface area contributed by atoms with Gasteiger partial charge in [-0.05, 0) is 19.1 Å². The van der Waals surface area contributed by atoms with Gasteiger partial charge in [-0.3, -0.25) is 4.98 Å². The first kappa shape index (κ1) is 9.55. The summed E-state index contributed by atoms with van der Waals surface area (Å²) in [6.45, 7) is 2.14. The highest BCUT2D eigenvalue weighted by Crippen LogP contribution is 2.31. The first-order valence-electron chi connectivity index (χ1n) is 5.25. The number of hydrogen-bond donors (Lipinski definition) is 0. The number of rotatable bonds is 1. The van der Waals surface area contributed by atoms with Gasteiger partial charge in [-0.1, -0.05) is 30.3 Å². The first-order valence-corrected chi connectivity index (χ1v) is 6.07. The maximum atomic E-state index is 4.50. The molecule has 2 aromatic heterocycles. The van der Waals surface area contributed by atoms with E-state index in [1.54, 1.807) is 0 Å². The molecule has 1 nitrogen and oxygen atoms in total. The summed E-state index contributed by atoms with van der Waals surface area (Å²) >= 11 is 1.82. The summed E-state index contributed by atoms with van der Waals surface area (Å²) < 4.78 is 1.31. The first-order chi connectivity index (χ1) is 7.84. The number of thiophene rings is 1. The van der Waals surface area contributed by atoms with Crippen LogP contribution in [0.4, 0.5) is 0 Å². The molecule has 0 atom stereocenters. The summed E-state index contributed by atoms with van der Waals surface area (Å²) in [6, 6.07) is 14.6. The third kappa shape index (κ3) is 1.51. The molecule has 0 spiro atoms. The lowest BCUT2D eigenvalue weighted by Gasteiger charge is -2.01. The number of fused-ring (bicyclic) bond motifs is 1. The number of aryl methyl sites for hydroxylation is 1. The maximum Gasteiger partial charge on any atom is 0.0788 e. The topological polar surface area (TPSA) is 12.9 Å². The summed E-state index contributed by atoms with van der Waals surface area (Å²) in [5.74, 6) is 0. The van der Waals surface area contributed by atoms with E-state index in [1.165, 1.54) is 20.5 Å². The number of hydrogen-bond acceptors (Lipinski definition) is 2. The molecule has 0 unspecified atom stereocenters. The Morgan fingerprint density at radius 1 is 1.06 bits per heavy atom. The molecule has 0 aliphatic rings. The van der Waals surface area contributed by atoms with Crippen LogP contribution >= 0.6 is 11.3 Å². The Morgan fingerprint density at radius 3 is 2.69 bits per heavy atom. The van der Waals surface area contributed by atoms with Gasteiger partial charge in [0.25, 0.3) is 0 Å². The van der Waals surface area contributed by atoms with Crippen molar-refractivity contribution in [2.24, 2.45) is 0 Å². The monoisotopic (exact) mass is 225 g/mol. The lowest BCUT2D eigenvalue weighted by molar-refractivity contribution is 1.36. The van der Waals surface area contributed by atoms with Crippen molar-refractivity contribution in [3.8, 4) is 11.3 Å². The van der Waals surface area contributed by atoms with Gasteiger partial charge in [0, 0.05) is 26.7 Å². The normalized spacial score (nSPS) is 10.8. The molecule has 0 aliphatic heterocycles. The third-order valence-electron chi connectivity index (χ3n) is 2.62. The van der Waals surface area contributed by atoms with Gasteiger partial charge in [0.1, 0.15) is 0 Å². The zero-order valence-corrected chi connectivity index (χ0v) is 9.79. The van der Waals surface area contributed by atoms with Crippen LogP contribution in [0.2, 0.25) is 0 Å². The highest BCUT2D eigenvalue weighted by atomic mass is 32.1. The van der Waals surface area contributed by atoms with Crippen molar-refractivity contribution in [2.45, 2.75) is 6.92 Å². The Kier molecular flexibility index (Phi) is 2.22. The highest BCUT2D eigenvalue weighted by Gasteiger charge is 2.06.